The van der Waals surface area contributed by atoms with E-state index in [1.807, 2.05) is 19.2 Å². The van der Waals surface area contributed by atoms with Gasteiger partial charge in [-0.2, -0.15) is 0 Å². The van der Waals surface area contributed by atoms with Crippen LogP contribution in [-0.2, 0) is 71.1 Å². The van der Waals surface area contributed by atoms with Crippen LogP contribution in [0.2, 0.25) is 90.7 Å². The molecule has 0 spiro atoms. The highest BCUT2D eigenvalue weighted by Crippen LogP contribution is 2.52. The van der Waals surface area contributed by atoms with E-state index >= 15 is 0 Å². The number of hydrogen-bond acceptors (Lipinski definition) is 14. The van der Waals surface area contributed by atoms with Crippen LogP contribution in [0.4, 0.5) is 0 Å². The minimum absolute atomic E-state index is 0.00216. The van der Waals surface area contributed by atoms with Crippen molar-refractivity contribution in [3.8, 4) is 0 Å². The highest BCUT2D eigenvalue weighted by atomic mass is 127. The zero-order chi connectivity index (χ0) is 75.8. The molecule has 6 aliphatic rings. The fraction of sp³-hybridized carbons (Fsp3) is 0.848. The van der Waals surface area contributed by atoms with Gasteiger partial charge in [0.15, 0.2) is 59.0 Å². The summed E-state index contributed by atoms with van der Waals surface area (Å²) in [5.74, 6) is -0.103. The molecule has 0 aliphatic carbocycles. The summed E-state index contributed by atoms with van der Waals surface area (Å²) in [5.41, 5.74) is 4.28. The Morgan fingerprint density at radius 1 is 0.663 bits per heavy atom. The molecular formula is C79H143IO15SSi5. The molecule has 1 N–H and O–H groups in total. The van der Waals surface area contributed by atoms with Crippen molar-refractivity contribution in [2.24, 2.45) is 11.8 Å². The highest BCUT2D eigenvalue weighted by molar-refractivity contribution is 14.1. The molecule has 0 radical (unpaired) electrons. The topological polar surface area (TPSA) is 157 Å². The van der Waals surface area contributed by atoms with E-state index in [1.165, 1.54) is 0 Å². The third-order valence-electron chi connectivity index (χ3n) is 26.2. The molecule has 0 saturated carbocycles. The molecule has 101 heavy (non-hydrogen) atoms. The summed E-state index contributed by atoms with van der Waals surface area (Å²) >= 11 is 0.109. The van der Waals surface area contributed by atoms with Crippen molar-refractivity contribution in [3.05, 3.63) is 63.8 Å². The van der Waals surface area contributed by atoms with Gasteiger partial charge in [0, 0.05) is 38.2 Å². The first-order valence-corrected chi connectivity index (χ1v) is 55.4. The average molecular weight is 1630 g/mol. The number of aryl methyl sites for hydroxylation is 1. The van der Waals surface area contributed by atoms with Gasteiger partial charge in [0.1, 0.15) is 24.4 Å². The van der Waals surface area contributed by atoms with E-state index in [-0.39, 0.29) is 110 Å². The smallest absolute Gasteiger partial charge is 0.193 e. The van der Waals surface area contributed by atoms with Gasteiger partial charge in [0.25, 0.3) is 0 Å². The van der Waals surface area contributed by atoms with Crippen LogP contribution in [0.3, 0.4) is 0 Å². The lowest BCUT2D eigenvalue weighted by molar-refractivity contribution is -0.268. The van der Waals surface area contributed by atoms with Crippen LogP contribution >= 0.6 is 22.6 Å². The molecule has 6 heterocycles. The van der Waals surface area contributed by atoms with Crippen LogP contribution in [0.15, 0.2) is 57.6 Å². The van der Waals surface area contributed by atoms with Gasteiger partial charge in [-0.25, -0.2) is 4.21 Å². The van der Waals surface area contributed by atoms with Gasteiger partial charge >= 0.3 is 0 Å². The lowest BCUT2D eigenvalue weighted by Gasteiger charge is -2.56. The normalized spacial score (nSPS) is 31.1. The Hall–Kier alpha value is -0.156. The quantitative estimate of drug-likeness (QED) is 0.0336. The molecule has 19 atom stereocenters. The second-order valence-corrected chi connectivity index (χ2v) is 64.2. The molecule has 6 fully saturated rings. The Balaban J connectivity index is 1.30. The number of rotatable bonds is 30. The molecular weight excluding hydrogens is 1490 g/mol. The number of fused-ring (bicyclic) bond motifs is 1. The fourth-order valence-electron chi connectivity index (χ4n) is 14.5. The number of hydrogen-bond donors (Lipinski definition) is 1. The number of halogens is 1. The molecule has 6 aliphatic heterocycles. The van der Waals surface area contributed by atoms with Gasteiger partial charge in [0.2, 0.25) is 0 Å². The maximum Gasteiger partial charge on any atom is 0.193 e. The van der Waals surface area contributed by atoms with Crippen molar-refractivity contribution in [1.29, 1.82) is 0 Å². The Morgan fingerprint density at radius 2 is 1.23 bits per heavy atom. The zero-order valence-electron chi connectivity index (χ0n) is 68.3. The number of benzene rings is 1. The first-order valence-electron chi connectivity index (χ1n) is 38.6. The molecule has 582 valence electrons. The van der Waals surface area contributed by atoms with Crippen LogP contribution in [0.1, 0.15) is 205 Å². The zero-order valence-corrected chi connectivity index (χ0v) is 76.3. The predicted octanol–water partition coefficient (Wildman–Crippen LogP) is 20.5. The molecule has 1 aromatic rings. The van der Waals surface area contributed by atoms with Crippen molar-refractivity contribution in [2.45, 2.75) is 394 Å². The Labute approximate surface area is 636 Å². The minimum Gasteiger partial charge on any atom is -0.414 e. The van der Waals surface area contributed by atoms with Crippen molar-refractivity contribution in [2.75, 3.05) is 26.9 Å². The monoisotopic (exact) mass is 1630 g/mol. The van der Waals surface area contributed by atoms with Gasteiger partial charge < -0.3 is 64.6 Å². The van der Waals surface area contributed by atoms with Crippen molar-refractivity contribution in [3.63, 3.8) is 0 Å². The molecule has 6 unspecified atom stereocenters. The van der Waals surface area contributed by atoms with E-state index in [2.05, 4.69) is 223 Å². The lowest BCUT2D eigenvalue weighted by atomic mass is 9.77. The fourth-order valence-corrected chi connectivity index (χ4v) is 21.5. The van der Waals surface area contributed by atoms with Gasteiger partial charge in [-0.05, 0) is 206 Å². The summed E-state index contributed by atoms with van der Waals surface area (Å²) in [7, 11) is -10.3. The average Bonchev–Trinajstić information content (AvgIpc) is 1.51. The van der Waals surface area contributed by atoms with Gasteiger partial charge in [-0.1, -0.05) is 153 Å². The first kappa shape index (κ1) is 88.1. The standard InChI is InChI=1S/C79H143IO15SSi5/c1-51-31-34-58(96(81)82)48-61(51)59(63-38-39-64-71(90-63)73(94-100(27,28)78(14,15)16)74(95-101(29,30)79(17,18)19)72(91-64)65(41-42-80)93-99(25,26)77(11,12)13)35-36-60-67(89-68(70(60)83-20)47-57(92-98(23,24)76(8,9)10)50-86-97(21,22)75(5,6)7)49-66-54(4)52(2)45-55(88-66)32-37-62-53(3)46-56(87-62)33-40-69-84-43-44-85-69/h31,34,41-42,48,52,55-57,59-60,62-74H,3-4,32-33,35-40,43-47,49-50H2,1-2,5-30H3,(H,81,82)/b42-41+/t52-,55+,56+,57?,59+,60+,62+,63?,64+,65?,66-,67+,68-,70-,71+,72+,73?,74?/m1/s1. The van der Waals surface area contributed by atoms with Crippen LogP contribution in [0.25, 0.3) is 0 Å². The predicted molar refractivity (Wildman–Crippen MR) is 434 cm³/mol. The van der Waals surface area contributed by atoms with Crippen LogP contribution in [0, 0.1) is 18.8 Å². The molecule has 7 rings (SSSR count). The van der Waals surface area contributed by atoms with Crippen molar-refractivity contribution >= 4 is 75.3 Å². The van der Waals surface area contributed by atoms with Gasteiger partial charge in [-0.3, -0.25) is 0 Å². The first-order chi connectivity index (χ1) is 46.3. The molecule has 22 heteroatoms. The summed E-state index contributed by atoms with van der Waals surface area (Å²) in [6.45, 7) is 73.4. The Bertz CT molecular complexity index is 2920. The Kier molecular flexibility index (Phi) is 30.2. The van der Waals surface area contributed by atoms with Crippen molar-refractivity contribution in [1.82, 2.24) is 0 Å². The van der Waals surface area contributed by atoms with E-state index in [4.69, 9.17) is 66.6 Å². The SMILES string of the molecule is C=C1C[C@H](CCC2OCCO2)O[C@H]1CC[C@H]1C[C@@H](C)C(=C)[C@@H](C[C@@H]2O[C@H](CC(CO[Si](C)(C)C(C)(C)C)O[Si](C)(C)C(C)(C)C)[C@H](OC)[C@H]2CC[C@@H](c2cc(S(=O)O)ccc2C)C2CC[C@@H]3O[C@@H](C(/C=C/I)O[Si](C)(C)C(C)(C)C)C(O[Si](C)(C)C(C)(C)C)C(O[Si](C)(C)C(C)(C)C)[C@H]3O2)O1. The second-order valence-electron chi connectivity index (χ2n) is 38.7. The summed E-state index contributed by atoms with van der Waals surface area (Å²) in [5, 5.41) is -0.383. The molecule has 0 aromatic heterocycles. The summed E-state index contributed by atoms with van der Waals surface area (Å²) in [6.07, 6.45) is 6.62. The minimum atomic E-state index is -2.59. The number of methoxy groups -OCH3 is 1. The van der Waals surface area contributed by atoms with Crippen LogP contribution in [-0.4, -0.2) is 175 Å². The lowest BCUT2D eigenvalue weighted by Crippen LogP contribution is -2.69. The maximum atomic E-state index is 13.3. The number of ether oxygens (including phenoxy) is 8. The molecule has 15 nitrogen and oxygen atoms in total. The second kappa shape index (κ2) is 34.6. The van der Waals surface area contributed by atoms with E-state index < -0.39 is 83.2 Å². The van der Waals surface area contributed by atoms with Gasteiger partial charge in [0.05, 0.1) is 91.9 Å². The summed E-state index contributed by atoms with van der Waals surface area (Å²) in [6, 6.07) is 5.75. The van der Waals surface area contributed by atoms with E-state index in [0.29, 0.717) is 63.2 Å². The molecule has 0 bridgehead atoms. The van der Waals surface area contributed by atoms with E-state index in [9.17, 15) is 8.76 Å². The van der Waals surface area contributed by atoms with Crippen molar-refractivity contribution < 1.29 is 68.8 Å². The molecule has 1 aromatic carbocycles. The molecule has 0 amide bonds. The maximum absolute atomic E-state index is 13.3. The molecule has 6 saturated heterocycles. The largest absolute Gasteiger partial charge is 0.414 e. The van der Waals surface area contributed by atoms with E-state index in [0.717, 1.165) is 60.8 Å². The van der Waals surface area contributed by atoms with E-state index in [1.54, 1.807) is 6.07 Å². The summed E-state index contributed by atoms with van der Waals surface area (Å²) in [4.78, 5) is 0.362. The van der Waals surface area contributed by atoms with Crippen LogP contribution < -0.4 is 0 Å². The van der Waals surface area contributed by atoms with Crippen LogP contribution in [0.5, 0.6) is 0 Å². The highest BCUT2D eigenvalue weighted by Gasteiger charge is 2.59. The third-order valence-corrected chi connectivity index (χ3v) is 49.7. The summed E-state index contributed by atoms with van der Waals surface area (Å²) < 4.78 is 120. The van der Waals surface area contributed by atoms with Gasteiger partial charge in [-0.15, -0.1) is 0 Å². The third kappa shape index (κ3) is 22.1. The Morgan fingerprint density at radius 3 is 1.79 bits per heavy atom.